The van der Waals surface area contributed by atoms with Crippen molar-refractivity contribution in [2.75, 3.05) is 25.0 Å². The average Bonchev–Trinajstić information content (AvgIpc) is 3.19. The van der Waals surface area contributed by atoms with Gasteiger partial charge in [-0.25, -0.2) is 9.97 Å². The lowest BCUT2D eigenvalue weighted by Gasteiger charge is -2.50. The second-order valence-electron chi connectivity index (χ2n) is 6.71. The molecule has 4 heterocycles. The highest BCUT2D eigenvalue weighted by molar-refractivity contribution is 6.01. The monoisotopic (exact) mass is 355 g/mol. The Hall–Kier alpha value is -2.97. The average molecular weight is 355 g/mol. The zero-order chi connectivity index (χ0) is 18.1. The summed E-state index contributed by atoms with van der Waals surface area (Å²) >= 11 is 0. The van der Waals surface area contributed by atoms with Crippen molar-refractivity contribution in [3.8, 4) is 0 Å². The van der Waals surface area contributed by atoms with Crippen LogP contribution in [0.3, 0.4) is 0 Å². The Morgan fingerprint density at radius 1 is 1.35 bits per heavy atom. The first kappa shape index (κ1) is 16.5. The van der Waals surface area contributed by atoms with E-state index in [1.807, 2.05) is 16.8 Å². The molecule has 2 aromatic heterocycles. The molecule has 2 aromatic rings. The van der Waals surface area contributed by atoms with E-state index in [2.05, 4.69) is 20.4 Å². The van der Waals surface area contributed by atoms with Crippen molar-refractivity contribution in [1.82, 2.24) is 30.0 Å². The molecule has 0 bridgehead atoms. The second-order valence-corrected chi connectivity index (χ2v) is 6.71. The van der Waals surface area contributed by atoms with E-state index in [0.717, 1.165) is 0 Å². The zero-order valence-electron chi connectivity index (χ0n) is 14.6. The Kier molecular flexibility index (Phi) is 4.06. The molecule has 0 atom stereocenters. The molecule has 0 unspecified atom stereocenters. The lowest BCUT2D eigenvalue weighted by molar-refractivity contribution is -0.133. The molecule has 2 aliphatic rings. The third-order valence-corrected chi connectivity index (χ3v) is 5.30. The lowest BCUT2D eigenvalue weighted by atomic mass is 9.91. The molecule has 2 aliphatic heterocycles. The van der Waals surface area contributed by atoms with E-state index in [0.29, 0.717) is 50.3 Å². The Labute approximate surface area is 151 Å². The maximum absolute atomic E-state index is 12.5. The molecule has 26 heavy (non-hydrogen) atoms. The molecule has 0 aliphatic carbocycles. The van der Waals surface area contributed by atoms with E-state index < -0.39 is 5.66 Å². The first-order valence-electron chi connectivity index (χ1n) is 8.71. The number of hydrogen-bond donors (Lipinski definition) is 1. The van der Waals surface area contributed by atoms with Crippen molar-refractivity contribution >= 4 is 17.6 Å². The number of piperidine rings is 1. The fraction of sp³-hybridized carbons (Fsp3) is 0.471. The maximum Gasteiger partial charge on any atom is 0.256 e. The molecule has 0 radical (unpaired) electrons. The van der Waals surface area contributed by atoms with Gasteiger partial charge < -0.3 is 15.1 Å². The van der Waals surface area contributed by atoms with Gasteiger partial charge in [0.25, 0.3) is 5.91 Å². The SMILES string of the molecule is CN1c2ncccc2C(=O)NC12CCN(C(=O)CCn1cncn1)CC2. The highest BCUT2D eigenvalue weighted by atomic mass is 16.2. The molecule has 9 heteroatoms. The van der Waals surface area contributed by atoms with E-state index in [1.54, 1.807) is 29.3 Å². The van der Waals surface area contributed by atoms with Gasteiger partial charge in [-0.3, -0.25) is 14.3 Å². The lowest BCUT2D eigenvalue weighted by Crippen LogP contribution is -2.67. The standard InChI is InChI=1S/C17H21N7O2/c1-22-15-13(3-2-7-19-15)16(26)21-17(22)5-9-23(10-6-17)14(25)4-8-24-12-18-11-20-24/h2-3,7,11-12H,4-6,8-10H2,1H3,(H,21,26). The van der Waals surface area contributed by atoms with E-state index in [1.165, 1.54) is 6.33 Å². The normalized spacial score (nSPS) is 18.6. The van der Waals surface area contributed by atoms with Crippen LogP contribution >= 0.6 is 0 Å². The number of rotatable bonds is 3. The Bertz CT molecular complexity index is 812. The number of aryl methyl sites for hydroxylation is 1. The topological polar surface area (TPSA) is 96.2 Å². The van der Waals surface area contributed by atoms with E-state index in [9.17, 15) is 9.59 Å². The molecule has 1 N–H and O–H groups in total. The maximum atomic E-state index is 12.5. The minimum absolute atomic E-state index is 0.0960. The molecule has 1 spiro atoms. The molecule has 2 amide bonds. The molecular formula is C17H21N7O2. The van der Waals surface area contributed by atoms with Crippen LogP contribution in [0.4, 0.5) is 5.82 Å². The first-order chi connectivity index (χ1) is 12.6. The number of aromatic nitrogens is 4. The number of pyridine rings is 1. The largest absolute Gasteiger partial charge is 0.342 e. The third-order valence-electron chi connectivity index (χ3n) is 5.30. The number of likely N-dealkylation sites (tertiary alicyclic amines) is 1. The third kappa shape index (κ3) is 2.79. The summed E-state index contributed by atoms with van der Waals surface area (Å²) in [4.78, 5) is 37.1. The minimum atomic E-state index is -0.485. The first-order valence-corrected chi connectivity index (χ1v) is 8.71. The highest BCUT2D eigenvalue weighted by Gasteiger charge is 2.45. The van der Waals surface area contributed by atoms with Gasteiger partial charge >= 0.3 is 0 Å². The number of fused-ring (bicyclic) bond motifs is 1. The van der Waals surface area contributed by atoms with Crippen LogP contribution in [0.2, 0.25) is 0 Å². The summed E-state index contributed by atoms with van der Waals surface area (Å²) in [5, 5.41) is 7.15. The summed E-state index contributed by atoms with van der Waals surface area (Å²) in [6.45, 7) is 1.72. The van der Waals surface area contributed by atoms with Crippen LogP contribution in [0.1, 0.15) is 29.6 Å². The Balaban J connectivity index is 1.41. The van der Waals surface area contributed by atoms with Crippen molar-refractivity contribution in [1.29, 1.82) is 0 Å². The summed E-state index contributed by atoms with van der Waals surface area (Å²) in [6, 6.07) is 3.55. The smallest absolute Gasteiger partial charge is 0.256 e. The quantitative estimate of drug-likeness (QED) is 0.849. The number of nitrogens with one attached hydrogen (secondary N) is 1. The van der Waals surface area contributed by atoms with Crippen LogP contribution in [-0.4, -0.2) is 62.3 Å². The molecular weight excluding hydrogens is 334 g/mol. The van der Waals surface area contributed by atoms with E-state index in [4.69, 9.17) is 0 Å². The number of carbonyl (C=O) groups is 2. The van der Waals surface area contributed by atoms with Gasteiger partial charge in [0, 0.05) is 45.6 Å². The van der Waals surface area contributed by atoms with Crippen LogP contribution in [0, 0.1) is 0 Å². The van der Waals surface area contributed by atoms with Gasteiger partial charge in [-0.15, -0.1) is 0 Å². The van der Waals surface area contributed by atoms with Crippen molar-refractivity contribution in [3.63, 3.8) is 0 Å². The number of carbonyl (C=O) groups excluding carboxylic acids is 2. The number of amides is 2. The summed E-state index contributed by atoms with van der Waals surface area (Å²) < 4.78 is 1.65. The molecule has 0 aromatic carbocycles. The predicted molar refractivity (Wildman–Crippen MR) is 93.3 cm³/mol. The highest BCUT2D eigenvalue weighted by Crippen LogP contribution is 2.34. The summed E-state index contributed by atoms with van der Waals surface area (Å²) in [6.07, 6.45) is 6.49. The predicted octanol–water partition coefficient (Wildman–Crippen LogP) is 0.262. The molecule has 0 saturated carbocycles. The van der Waals surface area contributed by atoms with Gasteiger partial charge in [-0.2, -0.15) is 5.10 Å². The van der Waals surface area contributed by atoms with Crippen LogP contribution in [-0.2, 0) is 11.3 Å². The number of anilines is 1. The van der Waals surface area contributed by atoms with E-state index >= 15 is 0 Å². The van der Waals surface area contributed by atoms with E-state index in [-0.39, 0.29) is 11.8 Å². The van der Waals surface area contributed by atoms with Crippen molar-refractivity contribution in [3.05, 3.63) is 36.5 Å². The number of nitrogens with zero attached hydrogens (tertiary/aromatic N) is 6. The van der Waals surface area contributed by atoms with Gasteiger partial charge in [-0.05, 0) is 12.1 Å². The van der Waals surface area contributed by atoms with Crippen molar-refractivity contribution in [2.45, 2.75) is 31.5 Å². The van der Waals surface area contributed by atoms with Crippen LogP contribution in [0.15, 0.2) is 31.0 Å². The van der Waals surface area contributed by atoms with Gasteiger partial charge in [0.1, 0.15) is 24.1 Å². The molecule has 9 nitrogen and oxygen atoms in total. The molecule has 1 saturated heterocycles. The van der Waals surface area contributed by atoms with Crippen molar-refractivity contribution < 1.29 is 9.59 Å². The molecule has 4 rings (SSSR count). The fourth-order valence-corrected chi connectivity index (χ4v) is 3.71. The minimum Gasteiger partial charge on any atom is -0.342 e. The van der Waals surface area contributed by atoms with Crippen molar-refractivity contribution in [2.24, 2.45) is 0 Å². The molecule has 1 fully saturated rings. The second kappa shape index (κ2) is 6.40. The summed E-state index contributed by atoms with van der Waals surface area (Å²) in [7, 11) is 1.95. The van der Waals surface area contributed by atoms with Gasteiger partial charge in [-0.1, -0.05) is 0 Å². The summed E-state index contributed by atoms with van der Waals surface area (Å²) in [5.41, 5.74) is 0.105. The fourth-order valence-electron chi connectivity index (χ4n) is 3.71. The summed E-state index contributed by atoms with van der Waals surface area (Å²) in [5.74, 6) is 0.693. The Morgan fingerprint density at radius 2 is 2.15 bits per heavy atom. The van der Waals surface area contributed by atoms with Gasteiger partial charge in [0.15, 0.2) is 0 Å². The van der Waals surface area contributed by atoms with Crippen LogP contribution < -0.4 is 10.2 Å². The Morgan fingerprint density at radius 3 is 2.88 bits per heavy atom. The molecule has 136 valence electrons. The van der Waals surface area contributed by atoms with Gasteiger partial charge in [0.2, 0.25) is 5.91 Å². The number of hydrogen-bond acceptors (Lipinski definition) is 6. The zero-order valence-corrected chi connectivity index (χ0v) is 14.6. The van der Waals surface area contributed by atoms with Gasteiger partial charge in [0.05, 0.1) is 12.1 Å². The van der Waals surface area contributed by atoms with Crippen LogP contribution in [0.5, 0.6) is 0 Å². The van der Waals surface area contributed by atoms with Crippen LogP contribution in [0.25, 0.3) is 0 Å².